The van der Waals surface area contributed by atoms with Crippen LogP contribution in [-0.4, -0.2) is 68.3 Å². The minimum atomic E-state index is -0.308. The summed E-state index contributed by atoms with van der Waals surface area (Å²) >= 11 is 0. The molecule has 2 aromatic heterocycles. The van der Waals surface area contributed by atoms with E-state index in [-0.39, 0.29) is 18.0 Å². The van der Waals surface area contributed by atoms with Crippen molar-refractivity contribution in [3.63, 3.8) is 0 Å². The molecule has 3 heterocycles. The van der Waals surface area contributed by atoms with Gasteiger partial charge in [0.15, 0.2) is 0 Å². The van der Waals surface area contributed by atoms with Crippen LogP contribution in [0.25, 0.3) is 16.8 Å². The zero-order valence-electron chi connectivity index (χ0n) is 15.5. The number of carbonyl (C=O) groups is 1. The number of aryl methyl sites for hydroxylation is 1. The highest BCUT2D eigenvalue weighted by Crippen LogP contribution is 2.18. The first-order chi connectivity index (χ1) is 13.0. The van der Waals surface area contributed by atoms with E-state index in [1.54, 1.807) is 22.4 Å². The Morgan fingerprint density at radius 1 is 1.07 bits per heavy atom. The maximum Gasteiger partial charge on any atom is 0.293 e. The lowest BCUT2D eigenvalue weighted by molar-refractivity contribution is -0.133. The smallest absolute Gasteiger partial charge is 0.293 e. The highest BCUT2D eigenvalue weighted by Gasteiger charge is 2.21. The third-order valence-electron chi connectivity index (χ3n) is 4.95. The Hall–Kier alpha value is -3.00. The first-order valence-electron chi connectivity index (χ1n) is 9.02. The van der Waals surface area contributed by atoms with Crippen LogP contribution in [0.2, 0.25) is 0 Å². The summed E-state index contributed by atoms with van der Waals surface area (Å²) in [5, 5.41) is 8.81. The van der Waals surface area contributed by atoms with Gasteiger partial charge in [0, 0.05) is 31.7 Å². The summed E-state index contributed by atoms with van der Waals surface area (Å²) in [6, 6.07) is 11.4. The van der Waals surface area contributed by atoms with E-state index in [9.17, 15) is 9.59 Å². The second kappa shape index (κ2) is 6.96. The molecule has 8 nitrogen and oxygen atoms in total. The monoisotopic (exact) mass is 366 g/mol. The van der Waals surface area contributed by atoms with Crippen LogP contribution in [0.5, 0.6) is 0 Å². The van der Waals surface area contributed by atoms with Gasteiger partial charge in [-0.25, -0.2) is 9.20 Å². The molecule has 1 aromatic carbocycles. The molecule has 3 aromatic rings. The predicted molar refractivity (Wildman–Crippen MR) is 101 cm³/mol. The number of rotatable bonds is 3. The van der Waals surface area contributed by atoms with Gasteiger partial charge in [0.25, 0.3) is 5.56 Å². The molecule has 27 heavy (non-hydrogen) atoms. The van der Waals surface area contributed by atoms with Crippen molar-refractivity contribution < 1.29 is 4.79 Å². The molecule has 8 heteroatoms. The number of likely N-dealkylation sites (N-methyl/N-ethyl adjacent to an activating group) is 1. The first-order valence-corrected chi connectivity index (χ1v) is 9.02. The van der Waals surface area contributed by atoms with Gasteiger partial charge in [0.1, 0.15) is 17.9 Å². The lowest BCUT2D eigenvalue weighted by Crippen LogP contribution is -2.48. The number of benzene rings is 1. The van der Waals surface area contributed by atoms with Crippen LogP contribution in [0.1, 0.15) is 5.82 Å². The molecule has 0 unspecified atom stereocenters. The molecular weight excluding hydrogens is 344 g/mol. The fraction of sp³-hybridized carbons (Fsp3) is 0.368. The molecule has 4 rings (SSSR count). The van der Waals surface area contributed by atoms with Crippen molar-refractivity contribution >= 4 is 11.4 Å². The number of aromatic nitrogens is 4. The number of hydrogen-bond acceptors (Lipinski definition) is 5. The van der Waals surface area contributed by atoms with Crippen molar-refractivity contribution in [2.24, 2.45) is 0 Å². The van der Waals surface area contributed by atoms with Crippen molar-refractivity contribution in [3.8, 4) is 11.3 Å². The zero-order valence-corrected chi connectivity index (χ0v) is 15.5. The molecule has 0 atom stereocenters. The predicted octanol–water partition coefficient (Wildman–Crippen LogP) is 0.640. The summed E-state index contributed by atoms with van der Waals surface area (Å²) in [5.74, 6) is 0.488. The molecule has 1 aliphatic rings. The second-order valence-corrected chi connectivity index (χ2v) is 6.89. The summed E-state index contributed by atoms with van der Waals surface area (Å²) in [7, 11) is 2.04. The molecule has 1 aliphatic heterocycles. The van der Waals surface area contributed by atoms with Crippen LogP contribution in [0.4, 0.5) is 0 Å². The third-order valence-corrected chi connectivity index (χ3v) is 4.95. The van der Waals surface area contributed by atoms with Gasteiger partial charge in [-0.1, -0.05) is 30.3 Å². The minimum absolute atomic E-state index is 0.0499. The zero-order chi connectivity index (χ0) is 19.0. The standard InChI is InChI=1S/C19H22N6O2/c1-14-20-24(13-18(26)23-10-8-22(2)9-11-23)19(27)17-12-16(21-25(14)17)15-6-4-3-5-7-15/h3-7,12H,8-11,13H2,1-2H3. The number of piperazine rings is 1. The summed E-state index contributed by atoms with van der Waals surface area (Å²) in [6.07, 6.45) is 0. The van der Waals surface area contributed by atoms with E-state index < -0.39 is 0 Å². The Balaban J connectivity index is 1.65. The highest BCUT2D eigenvalue weighted by molar-refractivity contribution is 5.76. The molecule has 0 N–H and O–H groups in total. The van der Waals surface area contributed by atoms with Gasteiger partial charge < -0.3 is 9.80 Å². The Kier molecular flexibility index (Phi) is 4.49. The normalized spacial score (nSPS) is 15.4. The van der Waals surface area contributed by atoms with Crippen LogP contribution in [-0.2, 0) is 11.3 Å². The van der Waals surface area contributed by atoms with E-state index in [0.29, 0.717) is 30.1 Å². The molecule has 1 amide bonds. The fourth-order valence-corrected chi connectivity index (χ4v) is 3.32. The Labute approximate surface area is 156 Å². The minimum Gasteiger partial charge on any atom is -0.339 e. The van der Waals surface area contributed by atoms with Crippen LogP contribution in [0.15, 0.2) is 41.2 Å². The number of amides is 1. The van der Waals surface area contributed by atoms with Crippen LogP contribution in [0, 0.1) is 6.92 Å². The number of fused-ring (bicyclic) bond motifs is 1. The van der Waals surface area contributed by atoms with Crippen molar-refractivity contribution in [1.82, 2.24) is 29.2 Å². The Morgan fingerprint density at radius 2 is 1.78 bits per heavy atom. The molecule has 0 aliphatic carbocycles. The van der Waals surface area contributed by atoms with Gasteiger partial charge >= 0.3 is 0 Å². The van der Waals surface area contributed by atoms with Gasteiger partial charge in [0.05, 0.1) is 5.69 Å². The number of nitrogens with zero attached hydrogens (tertiary/aromatic N) is 6. The molecule has 0 radical (unpaired) electrons. The van der Waals surface area contributed by atoms with Gasteiger partial charge in [-0.05, 0) is 20.0 Å². The summed E-state index contributed by atoms with van der Waals surface area (Å²) in [6.45, 7) is 4.77. The van der Waals surface area contributed by atoms with E-state index in [2.05, 4.69) is 15.1 Å². The average Bonchev–Trinajstić information content (AvgIpc) is 3.13. The summed E-state index contributed by atoms with van der Waals surface area (Å²) in [4.78, 5) is 29.4. The first kappa shape index (κ1) is 17.4. The molecule has 1 saturated heterocycles. The lowest BCUT2D eigenvalue weighted by atomic mass is 10.1. The van der Waals surface area contributed by atoms with Crippen LogP contribution < -0.4 is 5.56 Å². The van der Waals surface area contributed by atoms with Crippen molar-refractivity contribution in [3.05, 3.63) is 52.6 Å². The topological polar surface area (TPSA) is 75.7 Å². The maximum atomic E-state index is 12.9. The molecule has 0 spiro atoms. The van der Waals surface area contributed by atoms with E-state index in [4.69, 9.17) is 0 Å². The molecular formula is C19H22N6O2. The highest BCUT2D eigenvalue weighted by atomic mass is 16.2. The van der Waals surface area contributed by atoms with Gasteiger partial charge in [-0.15, -0.1) is 0 Å². The van der Waals surface area contributed by atoms with E-state index in [1.807, 2.05) is 37.4 Å². The van der Waals surface area contributed by atoms with E-state index in [1.165, 1.54) is 4.68 Å². The van der Waals surface area contributed by atoms with Crippen molar-refractivity contribution in [1.29, 1.82) is 0 Å². The maximum absolute atomic E-state index is 12.9. The van der Waals surface area contributed by atoms with Gasteiger partial charge in [-0.2, -0.15) is 10.2 Å². The Morgan fingerprint density at radius 3 is 2.48 bits per heavy atom. The third kappa shape index (κ3) is 3.35. The summed E-state index contributed by atoms with van der Waals surface area (Å²) in [5.41, 5.74) is 1.76. The van der Waals surface area contributed by atoms with Gasteiger partial charge in [-0.3, -0.25) is 9.59 Å². The van der Waals surface area contributed by atoms with Crippen LogP contribution >= 0.6 is 0 Å². The number of hydrogen-bond donors (Lipinski definition) is 0. The molecule has 140 valence electrons. The van der Waals surface area contributed by atoms with Gasteiger partial charge in [0.2, 0.25) is 5.91 Å². The number of carbonyl (C=O) groups excluding carboxylic acids is 1. The SMILES string of the molecule is Cc1nn(CC(=O)N2CCN(C)CC2)c(=O)c2cc(-c3ccccc3)nn12. The largest absolute Gasteiger partial charge is 0.339 e. The molecule has 0 bridgehead atoms. The average molecular weight is 366 g/mol. The molecule has 0 saturated carbocycles. The van der Waals surface area contributed by atoms with Crippen molar-refractivity contribution in [2.75, 3.05) is 33.2 Å². The second-order valence-electron chi connectivity index (χ2n) is 6.89. The Bertz CT molecular complexity index is 1030. The van der Waals surface area contributed by atoms with Crippen LogP contribution in [0.3, 0.4) is 0 Å². The van der Waals surface area contributed by atoms with Crippen molar-refractivity contribution in [2.45, 2.75) is 13.5 Å². The fourth-order valence-electron chi connectivity index (χ4n) is 3.32. The van der Waals surface area contributed by atoms with E-state index >= 15 is 0 Å². The lowest BCUT2D eigenvalue weighted by Gasteiger charge is -2.32. The summed E-state index contributed by atoms with van der Waals surface area (Å²) < 4.78 is 2.79. The van der Waals surface area contributed by atoms with E-state index in [0.717, 1.165) is 18.7 Å². The molecule has 1 fully saturated rings. The quantitative estimate of drug-likeness (QED) is 0.680.